The van der Waals surface area contributed by atoms with Gasteiger partial charge in [-0.15, -0.1) is 11.3 Å². The number of nitrogens with one attached hydrogen (secondary N) is 2. The van der Waals surface area contributed by atoms with E-state index in [1.165, 1.54) is 17.5 Å². The summed E-state index contributed by atoms with van der Waals surface area (Å²) < 4.78 is 26.9. The van der Waals surface area contributed by atoms with Crippen LogP contribution in [0.3, 0.4) is 0 Å². The molecule has 1 atom stereocenters. The molecule has 0 saturated heterocycles. The van der Waals surface area contributed by atoms with Crippen LogP contribution >= 0.6 is 11.3 Å². The second-order valence-electron chi connectivity index (χ2n) is 4.20. The lowest BCUT2D eigenvalue weighted by Crippen LogP contribution is -2.27. The van der Waals surface area contributed by atoms with E-state index in [4.69, 9.17) is 0 Å². The summed E-state index contributed by atoms with van der Waals surface area (Å²) in [6.07, 6.45) is 3.73. The summed E-state index contributed by atoms with van der Waals surface area (Å²) in [7, 11) is -3.59. The van der Waals surface area contributed by atoms with Gasteiger partial charge in [-0.2, -0.15) is 0 Å². The third-order valence-electron chi connectivity index (χ3n) is 2.57. The molecule has 19 heavy (non-hydrogen) atoms. The number of aromatic amines is 1. The number of H-pyrrole nitrogens is 1. The number of rotatable bonds is 5. The molecule has 0 aliphatic carbocycles. The minimum absolute atomic E-state index is 0.0875. The molecule has 0 saturated carbocycles. The van der Waals surface area contributed by atoms with Crippen molar-refractivity contribution in [2.75, 3.05) is 0 Å². The van der Waals surface area contributed by atoms with Gasteiger partial charge in [-0.25, -0.2) is 23.1 Å². The van der Waals surface area contributed by atoms with Crippen LogP contribution in [0.1, 0.15) is 35.6 Å². The van der Waals surface area contributed by atoms with Gasteiger partial charge < -0.3 is 4.98 Å². The molecule has 0 aliphatic rings. The molecule has 2 rings (SSSR count). The molecule has 2 aromatic rings. The predicted octanol–water partition coefficient (Wildman–Crippen LogP) is 1.78. The van der Waals surface area contributed by atoms with E-state index in [0.717, 1.165) is 9.88 Å². The first kappa shape index (κ1) is 14.2. The molecule has 2 heterocycles. The van der Waals surface area contributed by atoms with Crippen molar-refractivity contribution in [2.24, 2.45) is 0 Å². The molecule has 0 aromatic carbocycles. The number of sulfonamides is 1. The molecule has 0 bridgehead atoms. The summed E-state index contributed by atoms with van der Waals surface area (Å²) in [6.45, 7) is 5.61. The molecule has 0 spiro atoms. The van der Waals surface area contributed by atoms with Gasteiger partial charge >= 0.3 is 0 Å². The second kappa shape index (κ2) is 5.40. The molecule has 0 aliphatic heterocycles. The highest BCUT2D eigenvalue weighted by Crippen LogP contribution is 2.20. The molecule has 6 nitrogen and oxygen atoms in total. The standard InChI is InChI=1S/C11H16N4O2S2/c1-4-9-12-6-10(14-9)19(16,17)15-8(3)11-13-5-7(2)18-11/h5-6,8,15H,4H2,1-3H3,(H,12,14). The molecule has 104 valence electrons. The van der Waals surface area contributed by atoms with Crippen LogP contribution in [0.25, 0.3) is 0 Å². The Kier molecular flexibility index (Phi) is 4.02. The maximum atomic E-state index is 12.1. The fourth-order valence-electron chi connectivity index (χ4n) is 1.58. The Morgan fingerprint density at radius 1 is 1.42 bits per heavy atom. The number of thiazole rings is 1. The number of hydrogen-bond acceptors (Lipinski definition) is 5. The zero-order chi connectivity index (χ0) is 14.0. The van der Waals surface area contributed by atoms with Crippen molar-refractivity contribution in [2.45, 2.75) is 38.3 Å². The topological polar surface area (TPSA) is 87.7 Å². The van der Waals surface area contributed by atoms with E-state index >= 15 is 0 Å². The fourth-order valence-corrected chi connectivity index (χ4v) is 3.58. The van der Waals surface area contributed by atoms with Crippen molar-refractivity contribution in [1.29, 1.82) is 0 Å². The Balaban J connectivity index is 2.17. The van der Waals surface area contributed by atoms with E-state index in [-0.39, 0.29) is 11.1 Å². The Labute approximate surface area is 116 Å². The highest BCUT2D eigenvalue weighted by Gasteiger charge is 2.21. The van der Waals surface area contributed by atoms with Gasteiger partial charge in [0.05, 0.1) is 12.2 Å². The average Bonchev–Trinajstić information content (AvgIpc) is 2.96. The number of aryl methyl sites for hydroxylation is 2. The van der Waals surface area contributed by atoms with Crippen molar-refractivity contribution < 1.29 is 8.42 Å². The van der Waals surface area contributed by atoms with E-state index < -0.39 is 10.0 Å². The Morgan fingerprint density at radius 3 is 2.68 bits per heavy atom. The molecule has 0 radical (unpaired) electrons. The van der Waals surface area contributed by atoms with Gasteiger partial charge in [0, 0.05) is 17.5 Å². The minimum atomic E-state index is -3.59. The molecule has 0 fully saturated rings. The number of hydrogen-bond donors (Lipinski definition) is 2. The van der Waals surface area contributed by atoms with E-state index in [1.54, 1.807) is 13.1 Å². The Bertz CT molecular complexity index is 660. The average molecular weight is 300 g/mol. The number of nitrogens with zero attached hydrogens (tertiary/aromatic N) is 2. The monoisotopic (exact) mass is 300 g/mol. The second-order valence-corrected chi connectivity index (χ2v) is 7.15. The smallest absolute Gasteiger partial charge is 0.258 e. The van der Waals surface area contributed by atoms with Crippen LogP contribution in [0.2, 0.25) is 0 Å². The summed E-state index contributed by atoms with van der Waals surface area (Å²) in [5, 5.41) is 0.834. The van der Waals surface area contributed by atoms with E-state index in [0.29, 0.717) is 12.2 Å². The van der Waals surface area contributed by atoms with Crippen LogP contribution in [-0.2, 0) is 16.4 Å². The largest absolute Gasteiger partial charge is 0.332 e. The first-order valence-corrected chi connectivity index (χ1v) is 8.21. The molecular weight excluding hydrogens is 284 g/mol. The molecule has 8 heteroatoms. The van der Waals surface area contributed by atoms with Crippen LogP contribution in [0.4, 0.5) is 0 Å². The third kappa shape index (κ3) is 3.20. The maximum Gasteiger partial charge on any atom is 0.258 e. The minimum Gasteiger partial charge on any atom is -0.332 e. The number of aromatic nitrogens is 3. The van der Waals surface area contributed by atoms with Crippen LogP contribution < -0.4 is 4.72 Å². The summed E-state index contributed by atoms with van der Waals surface area (Å²) in [4.78, 5) is 12.0. The SMILES string of the molecule is CCc1ncc(S(=O)(=O)NC(C)c2ncc(C)s2)[nH]1. The molecule has 2 aromatic heterocycles. The third-order valence-corrected chi connectivity index (χ3v) is 5.12. The van der Waals surface area contributed by atoms with Gasteiger partial charge in [-0.1, -0.05) is 6.92 Å². The maximum absolute atomic E-state index is 12.1. The van der Waals surface area contributed by atoms with Gasteiger partial charge in [0.15, 0.2) is 5.03 Å². The Morgan fingerprint density at radius 2 is 2.16 bits per heavy atom. The lowest BCUT2D eigenvalue weighted by molar-refractivity contribution is 0.563. The highest BCUT2D eigenvalue weighted by atomic mass is 32.2. The first-order chi connectivity index (χ1) is 8.92. The Hall–Kier alpha value is -1.25. The van der Waals surface area contributed by atoms with E-state index in [9.17, 15) is 8.42 Å². The van der Waals surface area contributed by atoms with Gasteiger partial charge in [0.2, 0.25) is 0 Å². The van der Waals surface area contributed by atoms with E-state index in [2.05, 4.69) is 19.7 Å². The van der Waals surface area contributed by atoms with Gasteiger partial charge in [-0.3, -0.25) is 0 Å². The van der Waals surface area contributed by atoms with E-state index in [1.807, 2.05) is 13.8 Å². The van der Waals surface area contributed by atoms with Crippen LogP contribution in [0.15, 0.2) is 17.4 Å². The van der Waals surface area contributed by atoms with Gasteiger partial charge in [0.1, 0.15) is 10.8 Å². The van der Waals surface area contributed by atoms with Crippen molar-refractivity contribution in [3.05, 3.63) is 28.1 Å². The van der Waals surface area contributed by atoms with Crippen molar-refractivity contribution >= 4 is 21.4 Å². The zero-order valence-corrected chi connectivity index (χ0v) is 12.6. The van der Waals surface area contributed by atoms with Gasteiger partial charge in [0.25, 0.3) is 10.0 Å². The zero-order valence-electron chi connectivity index (χ0n) is 11.0. The molecule has 2 N–H and O–H groups in total. The predicted molar refractivity (Wildman–Crippen MR) is 73.6 cm³/mol. The van der Waals surface area contributed by atoms with Crippen molar-refractivity contribution in [1.82, 2.24) is 19.7 Å². The van der Waals surface area contributed by atoms with Crippen LogP contribution in [-0.4, -0.2) is 23.4 Å². The molecule has 1 unspecified atom stereocenters. The number of imidazole rings is 1. The van der Waals surface area contributed by atoms with Crippen molar-refractivity contribution in [3.8, 4) is 0 Å². The molecule has 0 amide bonds. The summed E-state index contributed by atoms with van der Waals surface area (Å²) in [5.74, 6) is 0.651. The van der Waals surface area contributed by atoms with Crippen molar-refractivity contribution in [3.63, 3.8) is 0 Å². The first-order valence-electron chi connectivity index (χ1n) is 5.91. The lowest BCUT2D eigenvalue weighted by Gasteiger charge is -2.10. The summed E-state index contributed by atoms with van der Waals surface area (Å²) in [6, 6.07) is -0.364. The summed E-state index contributed by atoms with van der Waals surface area (Å²) >= 11 is 1.48. The van der Waals surface area contributed by atoms with Crippen LogP contribution in [0, 0.1) is 6.92 Å². The highest BCUT2D eigenvalue weighted by molar-refractivity contribution is 7.89. The lowest BCUT2D eigenvalue weighted by atomic mass is 10.4. The summed E-state index contributed by atoms with van der Waals surface area (Å²) in [5.41, 5.74) is 0. The fraction of sp³-hybridized carbons (Fsp3) is 0.455. The molecular formula is C11H16N4O2S2. The quantitative estimate of drug-likeness (QED) is 0.881. The normalized spacial score (nSPS) is 13.6. The van der Waals surface area contributed by atoms with Crippen LogP contribution in [0.5, 0.6) is 0 Å². The van der Waals surface area contributed by atoms with Gasteiger partial charge in [-0.05, 0) is 13.8 Å².